The first-order valence-electron chi connectivity index (χ1n) is 7.18. The quantitative estimate of drug-likeness (QED) is 0.868. The summed E-state index contributed by atoms with van der Waals surface area (Å²) >= 11 is 0. The fourth-order valence-corrected chi connectivity index (χ4v) is 2.84. The van der Waals surface area contributed by atoms with Crippen molar-refractivity contribution >= 4 is 5.97 Å². The molecule has 1 aromatic rings. The Morgan fingerprint density at radius 2 is 2.05 bits per heavy atom. The van der Waals surface area contributed by atoms with E-state index in [1.807, 2.05) is 12.1 Å². The molecule has 1 aromatic carbocycles. The molecule has 0 amide bonds. The van der Waals surface area contributed by atoms with E-state index < -0.39 is 5.97 Å². The van der Waals surface area contributed by atoms with Gasteiger partial charge in [-0.15, -0.1) is 0 Å². The van der Waals surface area contributed by atoms with Gasteiger partial charge < -0.3 is 9.84 Å². The van der Waals surface area contributed by atoms with E-state index in [1.165, 1.54) is 11.1 Å². The van der Waals surface area contributed by atoms with Crippen molar-refractivity contribution in [3.63, 3.8) is 0 Å². The van der Waals surface area contributed by atoms with E-state index in [4.69, 9.17) is 9.84 Å². The SMILES string of the molecule is Cc1cc(C)cc(OCCN2CCC(CC(=O)O)C2)c1. The van der Waals surface area contributed by atoms with Gasteiger partial charge in [-0.05, 0) is 56.0 Å². The van der Waals surface area contributed by atoms with Gasteiger partial charge in [0.15, 0.2) is 0 Å². The first-order valence-corrected chi connectivity index (χ1v) is 7.18. The molecule has 1 heterocycles. The minimum atomic E-state index is -0.691. The van der Waals surface area contributed by atoms with Crippen molar-refractivity contribution in [3.05, 3.63) is 29.3 Å². The van der Waals surface area contributed by atoms with Gasteiger partial charge in [0.1, 0.15) is 12.4 Å². The van der Waals surface area contributed by atoms with E-state index in [2.05, 4.69) is 24.8 Å². The number of aliphatic carboxylic acids is 1. The summed E-state index contributed by atoms with van der Waals surface area (Å²) in [6.07, 6.45) is 1.27. The van der Waals surface area contributed by atoms with Gasteiger partial charge in [-0.3, -0.25) is 9.69 Å². The highest BCUT2D eigenvalue weighted by molar-refractivity contribution is 5.67. The number of benzene rings is 1. The zero-order valence-electron chi connectivity index (χ0n) is 12.3. The third kappa shape index (κ3) is 4.53. The largest absolute Gasteiger partial charge is 0.492 e. The lowest BCUT2D eigenvalue weighted by atomic mass is 10.1. The molecule has 1 aliphatic rings. The minimum absolute atomic E-state index is 0.286. The molecule has 1 fully saturated rings. The maximum absolute atomic E-state index is 10.7. The molecule has 20 heavy (non-hydrogen) atoms. The van der Waals surface area contributed by atoms with Gasteiger partial charge >= 0.3 is 5.97 Å². The van der Waals surface area contributed by atoms with Crippen LogP contribution in [0, 0.1) is 19.8 Å². The van der Waals surface area contributed by atoms with Crippen molar-refractivity contribution in [1.29, 1.82) is 0 Å². The maximum atomic E-state index is 10.7. The summed E-state index contributed by atoms with van der Waals surface area (Å²) in [5.41, 5.74) is 2.42. The monoisotopic (exact) mass is 277 g/mol. The van der Waals surface area contributed by atoms with E-state index in [0.29, 0.717) is 12.5 Å². The fourth-order valence-electron chi connectivity index (χ4n) is 2.84. The number of ether oxygens (including phenoxy) is 1. The van der Waals surface area contributed by atoms with Crippen LogP contribution >= 0.6 is 0 Å². The fraction of sp³-hybridized carbons (Fsp3) is 0.562. The Labute approximate surface area is 120 Å². The van der Waals surface area contributed by atoms with Crippen LogP contribution in [0.15, 0.2) is 18.2 Å². The molecule has 4 nitrogen and oxygen atoms in total. The topological polar surface area (TPSA) is 49.8 Å². The van der Waals surface area contributed by atoms with Crippen LogP contribution in [-0.4, -0.2) is 42.2 Å². The Morgan fingerprint density at radius 3 is 2.70 bits per heavy atom. The summed E-state index contributed by atoms with van der Waals surface area (Å²) in [5, 5.41) is 8.79. The lowest BCUT2D eigenvalue weighted by Crippen LogP contribution is -2.26. The molecule has 1 N–H and O–H groups in total. The molecule has 1 atom stereocenters. The van der Waals surface area contributed by atoms with Crippen LogP contribution in [-0.2, 0) is 4.79 Å². The molecule has 0 aliphatic carbocycles. The molecule has 4 heteroatoms. The van der Waals surface area contributed by atoms with Crippen molar-refractivity contribution in [2.75, 3.05) is 26.2 Å². The van der Waals surface area contributed by atoms with Gasteiger partial charge in [-0.2, -0.15) is 0 Å². The van der Waals surface area contributed by atoms with E-state index in [1.54, 1.807) is 0 Å². The van der Waals surface area contributed by atoms with Crippen LogP contribution in [0.25, 0.3) is 0 Å². The second-order valence-corrected chi connectivity index (χ2v) is 5.73. The zero-order valence-corrected chi connectivity index (χ0v) is 12.3. The summed E-state index contributed by atoms with van der Waals surface area (Å²) in [6.45, 7) is 7.51. The molecule has 1 aliphatic heterocycles. The molecule has 2 rings (SSSR count). The van der Waals surface area contributed by atoms with E-state index in [0.717, 1.165) is 31.8 Å². The first-order chi connectivity index (χ1) is 9.52. The number of aryl methyl sites for hydroxylation is 2. The van der Waals surface area contributed by atoms with Gasteiger partial charge in [0.05, 0.1) is 0 Å². The summed E-state index contributed by atoms with van der Waals surface area (Å²) in [4.78, 5) is 13.0. The highest BCUT2D eigenvalue weighted by Gasteiger charge is 2.23. The molecule has 0 aromatic heterocycles. The second-order valence-electron chi connectivity index (χ2n) is 5.73. The van der Waals surface area contributed by atoms with Crippen molar-refractivity contribution < 1.29 is 14.6 Å². The number of rotatable bonds is 6. The van der Waals surface area contributed by atoms with Gasteiger partial charge in [-0.1, -0.05) is 6.07 Å². The zero-order chi connectivity index (χ0) is 14.5. The average molecular weight is 277 g/mol. The smallest absolute Gasteiger partial charge is 0.303 e. The van der Waals surface area contributed by atoms with Crippen LogP contribution in [0.5, 0.6) is 5.75 Å². The molecule has 0 spiro atoms. The van der Waals surface area contributed by atoms with Crippen LogP contribution in [0.1, 0.15) is 24.0 Å². The van der Waals surface area contributed by atoms with Crippen LogP contribution in [0.3, 0.4) is 0 Å². The van der Waals surface area contributed by atoms with E-state index >= 15 is 0 Å². The minimum Gasteiger partial charge on any atom is -0.492 e. The first kappa shape index (κ1) is 14.9. The standard InChI is InChI=1S/C16H23NO3/c1-12-7-13(2)9-15(8-12)20-6-5-17-4-3-14(11-17)10-16(18)19/h7-9,14H,3-6,10-11H2,1-2H3,(H,18,19). The Kier molecular flexibility index (Phi) is 5.01. The lowest BCUT2D eigenvalue weighted by Gasteiger charge is -2.16. The van der Waals surface area contributed by atoms with Gasteiger partial charge in [0.25, 0.3) is 0 Å². The number of carboxylic acid groups (broad SMARTS) is 1. The summed E-state index contributed by atoms with van der Waals surface area (Å²) in [7, 11) is 0. The highest BCUT2D eigenvalue weighted by atomic mass is 16.5. The molecular formula is C16H23NO3. The number of carboxylic acids is 1. The molecule has 1 saturated heterocycles. The third-order valence-electron chi connectivity index (χ3n) is 3.70. The number of hydrogen-bond acceptors (Lipinski definition) is 3. The Morgan fingerprint density at radius 1 is 1.35 bits per heavy atom. The summed E-state index contributed by atoms with van der Waals surface area (Å²) in [5.74, 6) is 0.529. The van der Waals surface area contributed by atoms with Crippen molar-refractivity contribution in [1.82, 2.24) is 4.90 Å². The van der Waals surface area contributed by atoms with E-state index in [-0.39, 0.29) is 6.42 Å². The van der Waals surface area contributed by atoms with Crippen molar-refractivity contribution in [2.24, 2.45) is 5.92 Å². The van der Waals surface area contributed by atoms with E-state index in [9.17, 15) is 4.79 Å². The van der Waals surface area contributed by atoms with Gasteiger partial charge in [-0.25, -0.2) is 0 Å². The van der Waals surface area contributed by atoms with Crippen LogP contribution < -0.4 is 4.74 Å². The molecular weight excluding hydrogens is 254 g/mol. The molecule has 110 valence electrons. The summed E-state index contributed by atoms with van der Waals surface area (Å²) < 4.78 is 5.79. The number of carbonyl (C=O) groups is 1. The average Bonchev–Trinajstić information content (AvgIpc) is 2.74. The summed E-state index contributed by atoms with van der Waals surface area (Å²) in [6, 6.07) is 6.22. The maximum Gasteiger partial charge on any atom is 0.303 e. The normalized spacial score (nSPS) is 19.2. The third-order valence-corrected chi connectivity index (χ3v) is 3.70. The van der Waals surface area contributed by atoms with Crippen LogP contribution in [0.4, 0.5) is 0 Å². The highest BCUT2D eigenvalue weighted by Crippen LogP contribution is 2.20. The predicted octanol–water partition coefficient (Wildman–Crippen LogP) is 2.48. The molecule has 0 bridgehead atoms. The second kappa shape index (κ2) is 6.75. The Balaban J connectivity index is 1.72. The van der Waals surface area contributed by atoms with Gasteiger partial charge in [0, 0.05) is 19.5 Å². The molecule has 0 saturated carbocycles. The van der Waals surface area contributed by atoms with Crippen LogP contribution in [0.2, 0.25) is 0 Å². The molecule has 1 unspecified atom stereocenters. The van der Waals surface area contributed by atoms with Crippen molar-refractivity contribution in [2.45, 2.75) is 26.7 Å². The lowest BCUT2D eigenvalue weighted by molar-refractivity contribution is -0.138. The Hall–Kier alpha value is -1.55. The Bertz CT molecular complexity index is 453. The number of hydrogen-bond donors (Lipinski definition) is 1. The molecule has 0 radical (unpaired) electrons. The number of nitrogens with zero attached hydrogens (tertiary/aromatic N) is 1. The number of likely N-dealkylation sites (tertiary alicyclic amines) is 1. The van der Waals surface area contributed by atoms with Gasteiger partial charge in [0.2, 0.25) is 0 Å². The van der Waals surface area contributed by atoms with Crippen molar-refractivity contribution in [3.8, 4) is 5.75 Å². The predicted molar refractivity (Wildman–Crippen MR) is 78.2 cm³/mol.